The number of hydrogen-bond acceptors (Lipinski definition) is 2. The average Bonchev–Trinajstić information content (AvgIpc) is 2.60. The Kier molecular flexibility index (Phi) is 5.66. The lowest BCUT2D eigenvalue weighted by Gasteiger charge is -2.31. The second-order valence-corrected chi connectivity index (χ2v) is 7.20. The molecule has 0 aromatic heterocycles. The molecular weight excluding hydrogens is 268 g/mol. The van der Waals surface area contributed by atoms with Crippen LogP contribution in [0.2, 0.25) is 0 Å². The predicted molar refractivity (Wildman–Crippen MR) is 98.7 cm³/mol. The normalized spacial score (nSPS) is 20.9. The van der Waals surface area contributed by atoms with Crippen molar-refractivity contribution in [1.82, 2.24) is 0 Å². The maximum atomic E-state index is 5.04. The minimum atomic E-state index is 0.134. The molecule has 1 aliphatic rings. The van der Waals surface area contributed by atoms with E-state index in [0.29, 0.717) is 0 Å². The van der Waals surface area contributed by atoms with E-state index in [2.05, 4.69) is 52.1 Å². The van der Waals surface area contributed by atoms with Crippen molar-refractivity contribution in [1.29, 1.82) is 0 Å². The molecule has 0 amide bonds. The van der Waals surface area contributed by atoms with Gasteiger partial charge in [0.25, 0.3) is 0 Å². The summed E-state index contributed by atoms with van der Waals surface area (Å²) in [5.74, 6) is 0. The topological polar surface area (TPSA) is 24.4 Å². The summed E-state index contributed by atoms with van der Waals surface area (Å²) >= 11 is 0. The highest BCUT2D eigenvalue weighted by Crippen LogP contribution is 2.37. The smallest absolute Gasteiger partial charge is 0.0863 e. The zero-order valence-electron chi connectivity index (χ0n) is 15.1. The molecule has 1 unspecified atom stereocenters. The van der Waals surface area contributed by atoms with Crippen molar-refractivity contribution in [2.45, 2.75) is 85.1 Å². The van der Waals surface area contributed by atoms with E-state index in [9.17, 15) is 0 Å². The summed E-state index contributed by atoms with van der Waals surface area (Å²) in [6.45, 7) is 11.3. The average molecular weight is 300 g/mol. The largest absolute Gasteiger partial charge is 0.378 e. The number of fused-ring (bicyclic) bond motifs is 1. The second-order valence-electron chi connectivity index (χ2n) is 7.20. The van der Waals surface area contributed by atoms with E-state index in [1.807, 2.05) is 0 Å². The van der Waals surface area contributed by atoms with Crippen LogP contribution in [-0.4, -0.2) is 11.3 Å². The van der Waals surface area contributed by atoms with Crippen LogP contribution in [-0.2, 0) is 0 Å². The van der Waals surface area contributed by atoms with Crippen molar-refractivity contribution < 1.29 is 0 Å². The first kappa shape index (κ1) is 17.1. The number of aliphatic imine (C=N–C) groups is 1. The molecule has 22 heavy (non-hydrogen) atoms. The number of nitrogens with zero attached hydrogens (tertiary/aromatic N) is 1. The molecule has 0 bridgehead atoms. The standard InChI is InChI=1S/C20H32N2/c1-6-8-10-17-14-20(5,11-9-7-2)22-19-13-16(4)15(3)12-18(19)21-17/h12-13,22H,6-11,14H2,1-5H3. The summed E-state index contributed by atoms with van der Waals surface area (Å²) in [7, 11) is 0. The molecule has 0 saturated carbocycles. The summed E-state index contributed by atoms with van der Waals surface area (Å²) < 4.78 is 0. The molecule has 2 nitrogen and oxygen atoms in total. The first-order valence-corrected chi connectivity index (χ1v) is 8.93. The molecular formula is C20H32N2. The van der Waals surface area contributed by atoms with Gasteiger partial charge in [-0.1, -0.05) is 33.1 Å². The Bertz CT molecular complexity index is 545. The molecule has 0 fully saturated rings. The number of aryl methyl sites for hydroxylation is 2. The molecule has 1 heterocycles. The summed E-state index contributed by atoms with van der Waals surface area (Å²) in [4.78, 5) is 5.04. The maximum absolute atomic E-state index is 5.04. The number of nitrogens with one attached hydrogen (secondary N) is 1. The summed E-state index contributed by atoms with van der Waals surface area (Å²) in [5.41, 5.74) is 6.53. The van der Waals surface area contributed by atoms with Gasteiger partial charge in [-0.05, 0) is 63.3 Å². The summed E-state index contributed by atoms with van der Waals surface area (Å²) in [6.07, 6.45) is 8.40. The summed E-state index contributed by atoms with van der Waals surface area (Å²) in [5, 5.41) is 3.83. The van der Waals surface area contributed by atoms with Crippen LogP contribution in [0.15, 0.2) is 17.1 Å². The van der Waals surface area contributed by atoms with E-state index in [0.717, 1.165) is 18.5 Å². The Morgan fingerprint density at radius 2 is 1.77 bits per heavy atom. The monoisotopic (exact) mass is 300 g/mol. The number of hydrogen-bond donors (Lipinski definition) is 1. The van der Waals surface area contributed by atoms with Crippen molar-refractivity contribution in [3.05, 3.63) is 23.3 Å². The van der Waals surface area contributed by atoms with Crippen LogP contribution in [0, 0.1) is 13.8 Å². The Morgan fingerprint density at radius 3 is 2.45 bits per heavy atom. The lowest BCUT2D eigenvalue weighted by Crippen LogP contribution is -2.36. The molecule has 2 rings (SSSR count). The lowest BCUT2D eigenvalue weighted by molar-refractivity contribution is 0.466. The van der Waals surface area contributed by atoms with Crippen molar-refractivity contribution in [3.63, 3.8) is 0 Å². The van der Waals surface area contributed by atoms with Gasteiger partial charge in [0, 0.05) is 17.7 Å². The van der Waals surface area contributed by atoms with Crippen LogP contribution in [0.1, 0.15) is 76.8 Å². The van der Waals surface area contributed by atoms with E-state index in [1.165, 1.54) is 54.6 Å². The predicted octanol–water partition coefficient (Wildman–Crippen LogP) is 6.33. The molecule has 0 radical (unpaired) electrons. The number of anilines is 1. The highest BCUT2D eigenvalue weighted by atomic mass is 15.0. The molecule has 0 aliphatic carbocycles. The van der Waals surface area contributed by atoms with Crippen LogP contribution in [0.25, 0.3) is 0 Å². The third-order valence-electron chi connectivity index (χ3n) is 4.82. The Labute approximate surface area is 136 Å². The van der Waals surface area contributed by atoms with Crippen LogP contribution in [0.3, 0.4) is 0 Å². The maximum Gasteiger partial charge on any atom is 0.0863 e. The SMILES string of the molecule is CCCCC1=Nc2cc(C)c(C)cc2NC(C)(CCCC)C1. The van der Waals surface area contributed by atoms with Crippen molar-refractivity contribution in [2.75, 3.05) is 5.32 Å². The van der Waals surface area contributed by atoms with Gasteiger partial charge in [-0.2, -0.15) is 0 Å². The van der Waals surface area contributed by atoms with Gasteiger partial charge in [0.05, 0.1) is 11.4 Å². The zero-order valence-corrected chi connectivity index (χ0v) is 15.1. The minimum absolute atomic E-state index is 0.134. The third kappa shape index (κ3) is 4.12. The zero-order chi connectivity index (χ0) is 16.2. The van der Waals surface area contributed by atoms with Crippen LogP contribution in [0.4, 0.5) is 11.4 Å². The van der Waals surface area contributed by atoms with E-state index < -0.39 is 0 Å². The molecule has 1 aromatic carbocycles. The van der Waals surface area contributed by atoms with Crippen LogP contribution < -0.4 is 5.32 Å². The van der Waals surface area contributed by atoms with Gasteiger partial charge in [0.1, 0.15) is 0 Å². The van der Waals surface area contributed by atoms with Crippen molar-refractivity contribution in [2.24, 2.45) is 4.99 Å². The Hall–Kier alpha value is -1.31. The van der Waals surface area contributed by atoms with Gasteiger partial charge >= 0.3 is 0 Å². The van der Waals surface area contributed by atoms with Crippen LogP contribution >= 0.6 is 0 Å². The number of rotatable bonds is 6. The van der Waals surface area contributed by atoms with Crippen molar-refractivity contribution >= 4 is 17.1 Å². The van der Waals surface area contributed by atoms with Crippen molar-refractivity contribution in [3.8, 4) is 0 Å². The van der Waals surface area contributed by atoms with Gasteiger partial charge in [-0.15, -0.1) is 0 Å². The molecule has 122 valence electrons. The fourth-order valence-corrected chi connectivity index (χ4v) is 3.27. The molecule has 0 saturated heterocycles. The van der Waals surface area contributed by atoms with E-state index in [1.54, 1.807) is 0 Å². The lowest BCUT2D eigenvalue weighted by atomic mass is 9.87. The van der Waals surface area contributed by atoms with Gasteiger partial charge in [-0.25, -0.2) is 0 Å². The Morgan fingerprint density at radius 1 is 1.09 bits per heavy atom. The van der Waals surface area contributed by atoms with Gasteiger partial charge in [-0.3, -0.25) is 4.99 Å². The molecule has 1 N–H and O–H groups in total. The van der Waals surface area contributed by atoms with E-state index in [-0.39, 0.29) is 5.54 Å². The number of unbranched alkanes of at least 4 members (excludes halogenated alkanes) is 2. The van der Waals surface area contributed by atoms with E-state index >= 15 is 0 Å². The quantitative estimate of drug-likeness (QED) is 0.652. The molecule has 1 atom stereocenters. The van der Waals surface area contributed by atoms with Gasteiger partial charge in [0.15, 0.2) is 0 Å². The highest BCUT2D eigenvalue weighted by molar-refractivity contribution is 5.92. The second kappa shape index (κ2) is 7.30. The van der Waals surface area contributed by atoms with E-state index in [4.69, 9.17) is 4.99 Å². The molecule has 2 heteroatoms. The third-order valence-corrected chi connectivity index (χ3v) is 4.82. The minimum Gasteiger partial charge on any atom is -0.378 e. The molecule has 0 spiro atoms. The Balaban J connectivity index is 2.37. The van der Waals surface area contributed by atoms with Crippen LogP contribution in [0.5, 0.6) is 0 Å². The fourth-order valence-electron chi connectivity index (χ4n) is 3.27. The molecule has 1 aromatic rings. The first-order chi connectivity index (χ1) is 10.5. The van der Waals surface area contributed by atoms with Gasteiger partial charge < -0.3 is 5.32 Å². The molecule has 1 aliphatic heterocycles. The number of benzene rings is 1. The first-order valence-electron chi connectivity index (χ1n) is 8.93. The van der Waals surface area contributed by atoms with Gasteiger partial charge in [0.2, 0.25) is 0 Å². The summed E-state index contributed by atoms with van der Waals surface area (Å²) in [6, 6.07) is 4.52. The highest BCUT2D eigenvalue weighted by Gasteiger charge is 2.29. The fraction of sp³-hybridized carbons (Fsp3) is 0.650.